The van der Waals surface area contributed by atoms with Gasteiger partial charge in [-0.2, -0.15) is 13.2 Å². The van der Waals surface area contributed by atoms with E-state index < -0.39 is 18.6 Å². The van der Waals surface area contributed by atoms with Crippen LogP contribution in [0.1, 0.15) is 18.7 Å². The number of hydrogen-bond acceptors (Lipinski definition) is 2. The van der Waals surface area contributed by atoms with Crippen LogP contribution in [0.5, 0.6) is 0 Å². The molecular formula is C10H14F3N3O. The third kappa shape index (κ3) is 4.48. The molecule has 0 spiro atoms. The number of amides is 1. The van der Waals surface area contributed by atoms with Crippen molar-refractivity contribution in [3.63, 3.8) is 0 Å². The maximum atomic E-state index is 11.9. The predicted octanol–water partition coefficient (Wildman–Crippen LogP) is 1.19. The molecule has 0 aliphatic heterocycles. The van der Waals surface area contributed by atoms with Crippen LogP contribution < -0.4 is 11.1 Å². The van der Waals surface area contributed by atoms with Gasteiger partial charge in [-0.15, -0.1) is 0 Å². The van der Waals surface area contributed by atoms with Gasteiger partial charge >= 0.3 is 6.18 Å². The Morgan fingerprint density at radius 2 is 2.24 bits per heavy atom. The Bertz CT molecular complexity index is 384. The largest absolute Gasteiger partial charge is 0.405 e. The first-order valence-electron chi connectivity index (χ1n) is 5.03. The van der Waals surface area contributed by atoms with Gasteiger partial charge in [-0.25, -0.2) is 0 Å². The second kappa shape index (κ2) is 5.22. The highest BCUT2D eigenvalue weighted by molar-refractivity contribution is 5.75. The third-order valence-corrected chi connectivity index (χ3v) is 2.13. The molecule has 1 atom stereocenters. The van der Waals surface area contributed by atoms with Gasteiger partial charge in [-0.1, -0.05) is 0 Å². The minimum absolute atomic E-state index is 0.167. The number of carbonyl (C=O) groups is 1. The summed E-state index contributed by atoms with van der Waals surface area (Å²) in [6, 6.07) is 3.14. The Hall–Kier alpha value is -1.50. The monoisotopic (exact) mass is 249 g/mol. The summed E-state index contributed by atoms with van der Waals surface area (Å²) in [6.07, 6.45) is -2.79. The minimum atomic E-state index is -4.39. The molecule has 1 aromatic rings. The van der Waals surface area contributed by atoms with E-state index in [0.717, 1.165) is 0 Å². The predicted molar refractivity (Wildman–Crippen MR) is 56.1 cm³/mol. The zero-order valence-corrected chi connectivity index (χ0v) is 9.29. The van der Waals surface area contributed by atoms with Crippen molar-refractivity contribution >= 4 is 5.91 Å². The maximum absolute atomic E-state index is 11.9. The molecule has 0 saturated carbocycles. The van der Waals surface area contributed by atoms with E-state index in [2.05, 4.69) is 0 Å². The van der Waals surface area contributed by atoms with Crippen LogP contribution >= 0.6 is 0 Å². The van der Waals surface area contributed by atoms with Crippen molar-refractivity contribution in [3.05, 3.63) is 24.0 Å². The number of nitrogens with zero attached hydrogens (tertiary/aromatic N) is 1. The Kier molecular flexibility index (Phi) is 4.17. The highest BCUT2D eigenvalue weighted by atomic mass is 19.4. The summed E-state index contributed by atoms with van der Waals surface area (Å²) >= 11 is 0. The number of alkyl halides is 3. The summed E-state index contributed by atoms with van der Waals surface area (Å²) in [6.45, 7) is 0.250. The second-order valence-corrected chi connectivity index (χ2v) is 3.74. The second-order valence-electron chi connectivity index (χ2n) is 3.74. The van der Waals surface area contributed by atoms with Crippen molar-refractivity contribution in [2.75, 3.05) is 6.54 Å². The number of nitrogens with two attached hydrogens (primary N) is 1. The van der Waals surface area contributed by atoms with Crippen molar-refractivity contribution < 1.29 is 18.0 Å². The summed E-state index contributed by atoms with van der Waals surface area (Å²) < 4.78 is 37.1. The van der Waals surface area contributed by atoms with E-state index in [1.54, 1.807) is 30.6 Å². The fourth-order valence-electron chi connectivity index (χ4n) is 1.39. The molecule has 96 valence electrons. The molecular weight excluding hydrogens is 235 g/mol. The summed E-state index contributed by atoms with van der Waals surface area (Å²) in [5.74, 6) is -0.694. The lowest BCUT2D eigenvalue weighted by atomic mass is 10.2. The van der Waals surface area contributed by atoms with E-state index in [4.69, 9.17) is 5.73 Å². The standard InChI is InChI=1S/C10H14F3N3O/c1-7(14)8-3-2-4-16(8)5-9(17)15-6-10(11,12)13/h2-4,7H,5-6,14H2,1H3,(H,15,17). The molecule has 1 rings (SSSR count). The topological polar surface area (TPSA) is 60.0 Å². The van der Waals surface area contributed by atoms with E-state index in [1.165, 1.54) is 4.57 Å². The normalized spacial score (nSPS) is 13.5. The number of aromatic nitrogens is 1. The van der Waals surface area contributed by atoms with E-state index in [1.807, 2.05) is 0 Å². The van der Waals surface area contributed by atoms with Crippen molar-refractivity contribution in [3.8, 4) is 0 Å². The molecule has 7 heteroatoms. The fraction of sp³-hybridized carbons (Fsp3) is 0.500. The smallest absolute Gasteiger partial charge is 0.345 e. The summed E-state index contributed by atoms with van der Waals surface area (Å²) in [5, 5.41) is 1.80. The molecule has 1 aromatic heterocycles. The van der Waals surface area contributed by atoms with Gasteiger partial charge in [-0.3, -0.25) is 4.79 Å². The molecule has 1 heterocycles. The van der Waals surface area contributed by atoms with Gasteiger partial charge in [0.15, 0.2) is 0 Å². The average Bonchev–Trinajstić information content (AvgIpc) is 2.62. The average molecular weight is 249 g/mol. The molecule has 1 unspecified atom stereocenters. The Morgan fingerprint density at radius 1 is 1.59 bits per heavy atom. The van der Waals surface area contributed by atoms with E-state index >= 15 is 0 Å². The first-order chi connectivity index (χ1) is 7.79. The van der Waals surface area contributed by atoms with Gasteiger partial charge in [0.2, 0.25) is 5.91 Å². The van der Waals surface area contributed by atoms with Gasteiger partial charge in [0.1, 0.15) is 13.1 Å². The molecule has 1 amide bonds. The number of hydrogen-bond donors (Lipinski definition) is 2. The Balaban J connectivity index is 2.54. The third-order valence-electron chi connectivity index (χ3n) is 2.13. The Morgan fingerprint density at radius 3 is 2.76 bits per heavy atom. The van der Waals surface area contributed by atoms with Crippen molar-refractivity contribution in [1.29, 1.82) is 0 Å². The molecule has 0 aliphatic carbocycles. The van der Waals surface area contributed by atoms with Crippen molar-refractivity contribution in [2.24, 2.45) is 5.73 Å². The van der Waals surface area contributed by atoms with Crippen LogP contribution in [0.15, 0.2) is 18.3 Å². The molecule has 0 aliphatic rings. The zero-order valence-electron chi connectivity index (χ0n) is 9.29. The van der Waals surface area contributed by atoms with E-state index in [9.17, 15) is 18.0 Å². The van der Waals surface area contributed by atoms with Crippen LogP contribution in [0.2, 0.25) is 0 Å². The lowest BCUT2D eigenvalue weighted by Crippen LogP contribution is -2.36. The first kappa shape index (κ1) is 13.6. The van der Waals surface area contributed by atoms with Gasteiger partial charge in [0.25, 0.3) is 0 Å². The number of carbonyl (C=O) groups excluding carboxylic acids is 1. The molecule has 0 saturated heterocycles. The minimum Gasteiger partial charge on any atom is -0.345 e. The zero-order chi connectivity index (χ0) is 13.1. The molecule has 17 heavy (non-hydrogen) atoms. The molecule has 0 bridgehead atoms. The molecule has 0 fully saturated rings. The quantitative estimate of drug-likeness (QED) is 0.842. The molecule has 3 N–H and O–H groups in total. The Labute approximate surface area is 96.6 Å². The van der Waals surface area contributed by atoms with E-state index in [-0.39, 0.29) is 12.6 Å². The van der Waals surface area contributed by atoms with Crippen LogP contribution in [-0.2, 0) is 11.3 Å². The van der Waals surface area contributed by atoms with Crippen molar-refractivity contribution in [1.82, 2.24) is 9.88 Å². The lowest BCUT2D eigenvalue weighted by Gasteiger charge is -2.12. The van der Waals surface area contributed by atoms with Crippen LogP contribution in [0.3, 0.4) is 0 Å². The van der Waals surface area contributed by atoms with E-state index in [0.29, 0.717) is 5.69 Å². The van der Waals surface area contributed by atoms with Crippen LogP contribution in [0.25, 0.3) is 0 Å². The van der Waals surface area contributed by atoms with Gasteiger partial charge < -0.3 is 15.6 Å². The number of halogens is 3. The first-order valence-corrected chi connectivity index (χ1v) is 5.03. The van der Waals surface area contributed by atoms with Gasteiger partial charge in [0, 0.05) is 17.9 Å². The summed E-state index contributed by atoms with van der Waals surface area (Å²) in [7, 11) is 0. The van der Waals surface area contributed by atoms with Crippen molar-refractivity contribution in [2.45, 2.75) is 25.7 Å². The fourth-order valence-corrected chi connectivity index (χ4v) is 1.39. The number of rotatable bonds is 4. The van der Waals surface area contributed by atoms with Gasteiger partial charge in [0.05, 0.1) is 0 Å². The maximum Gasteiger partial charge on any atom is 0.405 e. The molecule has 4 nitrogen and oxygen atoms in total. The summed E-state index contributed by atoms with van der Waals surface area (Å²) in [5.41, 5.74) is 6.35. The van der Waals surface area contributed by atoms with Crippen LogP contribution in [-0.4, -0.2) is 23.2 Å². The summed E-state index contributed by atoms with van der Waals surface area (Å²) in [4.78, 5) is 11.3. The highest BCUT2D eigenvalue weighted by Gasteiger charge is 2.27. The SMILES string of the molecule is CC(N)c1cccn1CC(=O)NCC(F)(F)F. The lowest BCUT2D eigenvalue weighted by molar-refractivity contribution is -0.138. The van der Waals surface area contributed by atoms with Crippen LogP contribution in [0.4, 0.5) is 13.2 Å². The van der Waals surface area contributed by atoms with Crippen LogP contribution in [0, 0.1) is 0 Å². The van der Waals surface area contributed by atoms with Gasteiger partial charge in [-0.05, 0) is 19.1 Å². The number of nitrogens with one attached hydrogen (secondary N) is 1. The molecule has 0 aromatic carbocycles. The highest BCUT2D eigenvalue weighted by Crippen LogP contribution is 2.13. The molecule has 0 radical (unpaired) electrons.